The Morgan fingerprint density at radius 2 is 1.75 bits per heavy atom. The van der Waals surface area contributed by atoms with Crippen LogP contribution in [0.1, 0.15) is 20.7 Å². The number of carboxylic acids is 1. The van der Waals surface area contributed by atoms with E-state index in [2.05, 4.69) is 4.74 Å². The van der Waals surface area contributed by atoms with E-state index in [1.807, 2.05) is 0 Å². The molecule has 86 valence electrons. The van der Waals surface area contributed by atoms with Gasteiger partial charge in [-0.3, -0.25) is 0 Å². The summed E-state index contributed by atoms with van der Waals surface area (Å²) in [4.78, 5) is 22.2. The van der Waals surface area contributed by atoms with Crippen LogP contribution in [-0.4, -0.2) is 36.4 Å². The van der Waals surface area contributed by atoms with E-state index in [1.54, 1.807) is 0 Å². The molecule has 0 aliphatic heterocycles. The average Bonchev–Trinajstić information content (AvgIpc) is 2.26. The number of ether oxygens (including phenoxy) is 2. The van der Waals surface area contributed by atoms with Crippen LogP contribution in [0.4, 0.5) is 0 Å². The molecule has 6 heteroatoms. The van der Waals surface area contributed by atoms with E-state index in [0.29, 0.717) is 0 Å². The summed E-state index contributed by atoms with van der Waals surface area (Å²) in [6, 6.07) is 2.07. The van der Waals surface area contributed by atoms with E-state index in [9.17, 15) is 14.7 Å². The van der Waals surface area contributed by atoms with Gasteiger partial charge in [-0.2, -0.15) is 0 Å². The van der Waals surface area contributed by atoms with Crippen LogP contribution in [0.2, 0.25) is 0 Å². The Morgan fingerprint density at radius 3 is 2.19 bits per heavy atom. The lowest BCUT2D eigenvalue weighted by molar-refractivity contribution is 0.0596. The van der Waals surface area contributed by atoms with Crippen molar-refractivity contribution in [2.45, 2.75) is 0 Å². The maximum atomic E-state index is 11.3. The Labute approximate surface area is 91.0 Å². The fraction of sp³-hybridized carbons (Fsp3) is 0.200. The number of rotatable bonds is 3. The van der Waals surface area contributed by atoms with E-state index < -0.39 is 11.9 Å². The lowest BCUT2D eigenvalue weighted by atomic mass is 10.1. The van der Waals surface area contributed by atoms with Gasteiger partial charge in [-0.25, -0.2) is 9.59 Å². The molecule has 0 radical (unpaired) electrons. The van der Waals surface area contributed by atoms with Crippen molar-refractivity contribution in [3.63, 3.8) is 0 Å². The molecule has 0 aliphatic carbocycles. The van der Waals surface area contributed by atoms with E-state index in [4.69, 9.17) is 9.84 Å². The summed E-state index contributed by atoms with van der Waals surface area (Å²) in [6.07, 6.45) is 0. The van der Waals surface area contributed by atoms with Gasteiger partial charge < -0.3 is 19.7 Å². The van der Waals surface area contributed by atoms with Crippen LogP contribution in [0.5, 0.6) is 11.5 Å². The Bertz CT molecular complexity index is 437. The number of esters is 1. The molecule has 0 heterocycles. The fourth-order valence-corrected chi connectivity index (χ4v) is 1.25. The molecule has 0 amide bonds. The van der Waals surface area contributed by atoms with Gasteiger partial charge in [0.1, 0.15) is 22.6 Å². The highest BCUT2D eigenvalue weighted by atomic mass is 16.5. The molecule has 0 spiro atoms. The normalized spacial score (nSPS) is 9.62. The van der Waals surface area contributed by atoms with E-state index >= 15 is 0 Å². The number of aromatic carboxylic acids is 1. The van der Waals surface area contributed by atoms with Gasteiger partial charge in [0.2, 0.25) is 0 Å². The molecule has 1 aromatic rings. The van der Waals surface area contributed by atoms with Crippen LogP contribution in [0, 0.1) is 0 Å². The van der Waals surface area contributed by atoms with Crippen molar-refractivity contribution < 1.29 is 29.3 Å². The SMILES string of the molecule is COC(=O)c1cc(O)cc(C(=O)O)c1OC. The highest BCUT2D eigenvalue weighted by Gasteiger charge is 2.21. The van der Waals surface area contributed by atoms with Gasteiger partial charge in [-0.05, 0) is 12.1 Å². The summed E-state index contributed by atoms with van der Waals surface area (Å²) in [5.74, 6) is -2.58. The van der Waals surface area contributed by atoms with Crippen molar-refractivity contribution in [1.29, 1.82) is 0 Å². The second kappa shape index (κ2) is 4.52. The number of aromatic hydroxyl groups is 1. The van der Waals surface area contributed by atoms with Gasteiger partial charge in [0.15, 0.2) is 0 Å². The highest BCUT2D eigenvalue weighted by molar-refractivity contribution is 6.00. The summed E-state index contributed by atoms with van der Waals surface area (Å²) in [5, 5.41) is 18.1. The maximum absolute atomic E-state index is 11.3. The number of carbonyl (C=O) groups is 2. The first kappa shape index (κ1) is 11.8. The minimum atomic E-state index is -1.31. The lowest BCUT2D eigenvalue weighted by Gasteiger charge is -2.10. The van der Waals surface area contributed by atoms with Gasteiger partial charge in [0.25, 0.3) is 0 Å². The van der Waals surface area contributed by atoms with Gasteiger partial charge >= 0.3 is 11.9 Å². The summed E-state index contributed by atoms with van der Waals surface area (Å²) in [6.45, 7) is 0. The summed E-state index contributed by atoms with van der Waals surface area (Å²) >= 11 is 0. The number of hydrogen-bond acceptors (Lipinski definition) is 5. The standard InChI is InChI=1S/C10H10O6/c1-15-8-6(9(12)13)3-5(11)4-7(8)10(14)16-2/h3-4,11H,1-2H3,(H,12,13). The molecule has 0 aliphatic rings. The Morgan fingerprint density at radius 1 is 1.19 bits per heavy atom. The lowest BCUT2D eigenvalue weighted by Crippen LogP contribution is -2.08. The van der Waals surface area contributed by atoms with Crippen LogP contribution in [0.15, 0.2) is 12.1 Å². The molecule has 1 rings (SSSR count). The first-order valence-electron chi connectivity index (χ1n) is 4.23. The summed E-state index contributed by atoms with van der Waals surface area (Å²) in [7, 11) is 2.37. The second-order valence-electron chi connectivity index (χ2n) is 2.87. The summed E-state index contributed by atoms with van der Waals surface area (Å²) < 4.78 is 9.27. The number of carboxylic acid groups (broad SMARTS) is 1. The van der Waals surface area contributed by atoms with Gasteiger partial charge in [0, 0.05) is 0 Å². The molecule has 6 nitrogen and oxygen atoms in total. The number of hydrogen-bond donors (Lipinski definition) is 2. The Balaban J connectivity index is 3.48. The molecular weight excluding hydrogens is 216 g/mol. The van der Waals surface area contributed by atoms with Crippen LogP contribution >= 0.6 is 0 Å². The molecule has 0 atom stereocenters. The highest BCUT2D eigenvalue weighted by Crippen LogP contribution is 2.29. The van der Waals surface area contributed by atoms with Gasteiger partial charge in [-0.1, -0.05) is 0 Å². The fourth-order valence-electron chi connectivity index (χ4n) is 1.25. The number of phenols is 1. The molecule has 16 heavy (non-hydrogen) atoms. The first-order valence-corrected chi connectivity index (χ1v) is 4.23. The Hall–Kier alpha value is -2.24. The Kier molecular flexibility index (Phi) is 3.34. The van der Waals surface area contributed by atoms with Gasteiger partial charge in [0.05, 0.1) is 14.2 Å². The molecular formula is C10H10O6. The predicted octanol–water partition coefficient (Wildman–Crippen LogP) is 0.886. The van der Waals surface area contributed by atoms with Crippen molar-refractivity contribution in [2.75, 3.05) is 14.2 Å². The van der Waals surface area contributed by atoms with Crippen LogP contribution in [-0.2, 0) is 4.74 Å². The van der Waals surface area contributed by atoms with E-state index in [-0.39, 0.29) is 22.6 Å². The monoisotopic (exact) mass is 226 g/mol. The number of carbonyl (C=O) groups excluding carboxylic acids is 1. The molecule has 0 bridgehead atoms. The third-order valence-electron chi connectivity index (χ3n) is 1.91. The smallest absolute Gasteiger partial charge is 0.341 e. The molecule has 2 N–H and O–H groups in total. The maximum Gasteiger partial charge on any atom is 0.341 e. The third-order valence-corrected chi connectivity index (χ3v) is 1.91. The van der Waals surface area contributed by atoms with E-state index in [1.165, 1.54) is 7.11 Å². The minimum Gasteiger partial charge on any atom is -0.508 e. The number of benzene rings is 1. The van der Waals surface area contributed by atoms with Crippen molar-refractivity contribution in [3.8, 4) is 11.5 Å². The van der Waals surface area contributed by atoms with Crippen LogP contribution in [0.25, 0.3) is 0 Å². The first-order chi connectivity index (χ1) is 7.51. The second-order valence-corrected chi connectivity index (χ2v) is 2.87. The van der Waals surface area contributed by atoms with Crippen LogP contribution < -0.4 is 4.74 Å². The molecule has 0 fully saturated rings. The van der Waals surface area contributed by atoms with E-state index in [0.717, 1.165) is 19.2 Å². The molecule has 0 aromatic heterocycles. The molecule has 0 saturated heterocycles. The van der Waals surface area contributed by atoms with Crippen molar-refractivity contribution in [3.05, 3.63) is 23.3 Å². The van der Waals surface area contributed by atoms with Gasteiger partial charge in [-0.15, -0.1) is 0 Å². The number of phenolic OH excluding ortho intramolecular Hbond substituents is 1. The van der Waals surface area contributed by atoms with Crippen LogP contribution in [0.3, 0.4) is 0 Å². The predicted molar refractivity (Wildman–Crippen MR) is 53.0 cm³/mol. The van der Waals surface area contributed by atoms with Crippen molar-refractivity contribution >= 4 is 11.9 Å². The molecule has 1 aromatic carbocycles. The zero-order chi connectivity index (χ0) is 12.3. The van der Waals surface area contributed by atoms with Crippen molar-refractivity contribution in [2.24, 2.45) is 0 Å². The summed E-state index contributed by atoms with van der Waals surface area (Å²) in [5.41, 5.74) is -0.440. The average molecular weight is 226 g/mol. The van der Waals surface area contributed by atoms with Crippen molar-refractivity contribution in [1.82, 2.24) is 0 Å². The quantitative estimate of drug-likeness (QED) is 0.743. The number of methoxy groups -OCH3 is 2. The zero-order valence-electron chi connectivity index (χ0n) is 8.68. The largest absolute Gasteiger partial charge is 0.508 e. The zero-order valence-corrected chi connectivity index (χ0v) is 8.68. The third kappa shape index (κ3) is 2.05. The topological polar surface area (TPSA) is 93.1 Å². The molecule has 0 saturated carbocycles. The molecule has 0 unspecified atom stereocenters. The minimum absolute atomic E-state index is 0.137.